The average Bonchev–Trinajstić information content (AvgIpc) is 2.38. The SMILES string of the molecule is Oc1cncc(-c2cccc3cnccc23)c1. The maximum Gasteiger partial charge on any atom is 0.134 e. The molecular weight excluding hydrogens is 212 g/mol. The van der Waals surface area contributed by atoms with Gasteiger partial charge in [-0.25, -0.2) is 0 Å². The summed E-state index contributed by atoms with van der Waals surface area (Å²) in [6.07, 6.45) is 6.77. The average molecular weight is 222 g/mol. The van der Waals surface area contributed by atoms with Gasteiger partial charge >= 0.3 is 0 Å². The molecule has 0 bridgehead atoms. The van der Waals surface area contributed by atoms with Gasteiger partial charge in [0.05, 0.1) is 6.20 Å². The fourth-order valence-corrected chi connectivity index (χ4v) is 1.95. The summed E-state index contributed by atoms with van der Waals surface area (Å²) in [5, 5.41) is 11.7. The number of benzene rings is 1. The maximum absolute atomic E-state index is 9.47. The topological polar surface area (TPSA) is 46.0 Å². The van der Waals surface area contributed by atoms with E-state index in [1.165, 1.54) is 6.20 Å². The molecule has 0 spiro atoms. The predicted octanol–water partition coefficient (Wildman–Crippen LogP) is 3.00. The zero-order valence-electron chi connectivity index (χ0n) is 9.04. The van der Waals surface area contributed by atoms with Crippen molar-refractivity contribution in [3.05, 3.63) is 55.1 Å². The summed E-state index contributed by atoms with van der Waals surface area (Å²) in [6, 6.07) is 9.68. The fraction of sp³-hybridized carbons (Fsp3) is 0. The van der Waals surface area contributed by atoms with E-state index in [0.717, 1.165) is 21.9 Å². The number of hydrogen-bond donors (Lipinski definition) is 1. The van der Waals surface area contributed by atoms with Gasteiger partial charge in [-0.3, -0.25) is 9.97 Å². The van der Waals surface area contributed by atoms with E-state index in [1.807, 2.05) is 30.5 Å². The Morgan fingerprint density at radius 3 is 2.76 bits per heavy atom. The minimum absolute atomic E-state index is 0.175. The van der Waals surface area contributed by atoms with Crippen molar-refractivity contribution < 1.29 is 5.11 Å². The molecule has 0 radical (unpaired) electrons. The molecule has 0 saturated carbocycles. The summed E-state index contributed by atoms with van der Waals surface area (Å²) in [6.45, 7) is 0. The molecule has 3 aromatic rings. The van der Waals surface area contributed by atoms with E-state index < -0.39 is 0 Å². The van der Waals surface area contributed by atoms with E-state index in [2.05, 4.69) is 9.97 Å². The molecule has 17 heavy (non-hydrogen) atoms. The highest BCUT2D eigenvalue weighted by Gasteiger charge is 2.04. The van der Waals surface area contributed by atoms with Crippen LogP contribution in [0.4, 0.5) is 0 Å². The van der Waals surface area contributed by atoms with Crippen LogP contribution in [0.2, 0.25) is 0 Å². The van der Waals surface area contributed by atoms with Crippen molar-refractivity contribution in [3.63, 3.8) is 0 Å². The quantitative estimate of drug-likeness (QED) is 0.688. The van der Waals surface area contributed by atoms with Crippen LogP contribution in [0, 0.1) is 0 Å². The van der Waals surface area contributed by atoms with Gasteiger partial charge in [0, 0.05) is 29.5 Å². The lowest BCUT2D eigenvalue weighted by Gasteiger charge is -2.06. The third-order valence-electron chi connectivity index (χ3n) is 2.72. The molecule has 3 heteroatoms. The molecule has 2 heterocycles. The van der Waals surface area contributed by atoms with Crippen LogP contribution in [0.25, 0.3) is 21.9 Å². The molecule has 0 aliphatic rings. The van der Waals surface area contributed by atoms with Gasteiger partial charge < -0.3 is 5.11 Å². The Morgan fingerprint density at radius 1 is 0.941 bits per heavy atom. The lowest BCUT2D eigenvalue weighted by Crippen LogP contribution is -1.83. The molecule has 0 atom stereocenters. The minimum Gasteiger partial charge on any atom is -0.506 e. The van der Waals surface area contributed by atoms with Crippen molar-refractivity contribution in [2.75, 3.05) is 0 Å². The molecule has 3 rings (SSSR count). The van der Waals surface area contributed by atoms with Gasteiger partial charge in [-0.2, -0.15) is 0 Å². The predicted molar refractivity (Wildman–Crippen MR) is 66.6 cm³/mol. The highest BCUT2D eigenvalue weighted by atomic mass is 16.3. The second-order valence-corrected chi connectivity index (χ2v) is 3.83. The largest absolute Gasteiger partial charge is 0.506 e. The van der Waals surface area contributed by atoms with E-state index in [4.69, 9.17) is 0 Å². The molecular formula is C14H10N2O. The molecule has 3 nitrogen and oxygen atoms in total. The minimum atomic E-state index is 0.175. The Hall–Kier alpha value is -2.42. The molecule has 82 valence electrons. The number of pyridine rings is 2. The van der Waals surface area contributed by atoms with Gasteiger partial charge in [0.25, 0.3) is 0 Å². The number of aromatic hydroxyl groups is 1. The molecule has 0 aliphatic heterocycles. The van der Waals surface area contributed by atoms with Crippen LogP contribution < -0.4 is 0 Å². The summed E-state index contributed by atoms with van der Waals surface area (Å²) in [7, 11) is 0. The Morgan fingerprint density at radius 2 is 1.88 bits per heavy atom. The van der Waals surface area contributed by atoms with Crippen LogP contribution in [0.1, 0.15) is 0 Å². The normalized spacial score (nSPS) is 10.6. The smallest absolute Gasteiger partial charge is 0.134 e. The molecule has 1 aromatic carbocycles. The van der Waals surface area contributed by atoms with Crippen LogP contribution in [0.15, 0.2) is 55.1 Å². The van der Waals surface area contributed by atoms with E-state index in [9.17, 15) is 5.11 Å². The monoisotopic (exact) mass is 222 g/mol. The van der Waals surface area contributed by atoms with E-state index in [-0.39, 0.29) is 5.75 Å². The lowest BCUT2D eigenvalue weighted by molar-refractivity contribution is 0.473. The fourth-order valence-electron chi connectivity index (χ4n) is 1.95. The van der Waals surface area contributed by atoms with E-state index in [0.29, 0.717) is 0 Å². The number of nitrogens with zero attached hydrogens (tertiary/aromatic N) is 2. The first-order valence-electron chi connectivity index (χ1n) is 5.32. The molecule has 0 saturated heterocycles. The second kappa shape index (κ2) is 3.87. The van der Waals surface area contributed by atoms with Gasteiger partial charge in [0.15, 0.2) is 0 Å². The van der Waals surface area contributed by atoms with Crippen molar-refractivity contribution in [1.82, 2.24) is 9.97 Å². The van der Waals surface area contributed by atoms with Gasteiger partial charge in [-0.15, -0.1) is 0 Å². The standard InChI is InChI=1S/C14H10N2O/c17-12-6-11(8-16-9-12)13-3-1-2-10-7-15-5-4-14(10)13/h1-9,17H. The highest BCUT2D eigenvalue weighted by molar-refractivity contribution is 5.96. The second-order valence-electron chi connectivity index (χ2n) is 3.83. The van der Waals surface area contributed by atoms with Crippen molar-refractivity contribution in [2.24, 2.45) is 0 Å². The van der Waals surface area contributed by atoms with Crippen LogP contribution in [0.3, 0.4) is 0 Å². The Balaban J connectivity index is 2.30. The summed E-state index contributed by atoms with van der Waals surface area (Å²) in [4.78, 5) is 8.10. The van der Waals surface area contributed by atoms with Gasteiger partial charge in [0.2, 0.25) is 0 Å². The van der Waals surface area contributed by atoms with Crippen molar-refractivity contribution in [3.8, 4) is 16.9 Å². The summed E-state index contributed by atoms with van der Waals surface area (Å²) in [5.74, 6) is 0.175. The summed E-state index contributed by atoms with van der Waals surface area (Å²) < 4.78 is 0. The van der Waals surface area contributed by atoms with Gasteiger partial charge in [-0.05, 0) is 23.1 Å². The number of fused-ring (bicyclic) bond motifs is 1. The Kier molecular flexibility index (Phi) is 2.22. The summed E-state index contributed by atoms with van der Waals surface area (Å²) >= 11 is 0. The van der Waals surface area contributed by atoms with Crippen LogP contribution in [0.5, 0.6) is 5.75 Å². The molecule has 0 fully saturated rings. The molecule has 0 aliphatic carbocycles. The van der Waals surface area contributed by atoms with Crippen molar-refractivity contribution in [2.45, 2.75) is 0 Å². The third kappa shape index (κ3) is 1.72. The van der Waals surface area contributed by atoms with Crippen LogP contribution >= 0.6 is 0 Å². The highest BCUT2D eigenvalue weighted by Crippen LogP contribution is 2.28. The van der Waals surface area contributed by atoms with Gasteiger partial charge in [0.1, 0.15) is 5.75 Å². The molecule has 0 amide bonds. The van der Waals surface area contributed by atoms with E-state index in [1.54, 1.807) is 18.5 Å². The maximum atomic E-state index is 9.47. The third-order valence-corrected chi connectivity index (χ3v) is 2.72. The number of aromatic nitrogens is 2. The van der Waals surface area contributed by atoms with Crippen molar-refractivity contribution in [1.29, 1.82) is 0 Å². The first-order valence-corrected chi connectivity index (χ1v) is 5.32. The van der Waals surface area contributed by atoms with Gasteiger partial charge in [-0.1, -0.05) is 18.2 Å². The van der Waals surface area contributed by atoms with Crippen LogP contribution in [-0.2, 0) is 0 Å². The first-order chi connectivity index (χ1) is 8.34. The molecule has 0 unspecified atom stereocenters. The Labute approximate surface area is 98.4 Å². The molecule has 1 N–H and O–H groups in total. The molecule has 2 aromatic heterocycles. The lowest BCUT2D eigenvalue weighted by atomic mass is 10.0. The zero-order valence-corrected chi connectivity index (χ0v) is 9.04. The van der Waals surface area contributed by atoms with Crippen molar-refractivity contribution >= 4 is 10.8 Å². The number of hydrogen-bond acceptors (Lipinski definition) is 3. The summed E-state index contributed by atoms with van der Waals surface area (Å²) in [5.41, 5.74) is 1.95. The van der Waals surface area contributed by atoms with Crippen LogP contribution in [-0.4, -0.2) is 15.1 Å². The Bertz CT molecular complexity index is 674. The number of rotatable bonds is 1. The first kappa shape index (κ1) is 9.78. The zero-order chi connectivity index (χ0) is 11.7. The van der Waals surface area contributed by atoms with E-state index >= 15 is 0 Å².